The maximum absolute atomic E-state index is 11.9. The monoisotopic (exact) mass is 331 g/mol. The summed E-state index contributed by atoms with van der Waals surface area (Å²) in [5, 5.41) is 2.90. The number of carbonyl (C=O) groups excluding carboxylic acids is 1. The Morgan fingerprint density at radius 1 is 1.04 bits per heavy atom. The Balaban J connectivity index is 1.49. The molecule has 25 heavy (non-hydrogen) atoms. The third-order valence-corrected chi connectivity index (χ3v) is 3.87. The highest BCUT2D eigenvalue weighted by atomic mass is 16.1. The predicted molar refractivity (Wildman–Crippen MR) is 100.0 cm³/mol. The third kappa shape index (κ3) is 5.18. The van der Waals surface area contributed by atoms with E-state index in [0.717, 1.165) is 17.9 Å². The normalized spacial score (nSPS) is 10.9. The molecule has 0 aliphatic heterocycles. The largest absolute Gasteiger partial charge is 0.352 e. The van der Waals surface area contributed by atoms with E-state index in [2.05, 4.69) is 27.0 Å². The maximum Gasteiger partial charge on any atom is 0.244 e. The second kappa shape index (κ2) is 8.64. The van der Waals surface area contributed by atoms with Crippen molar-refractivity contribution in [1.29, 1.82) is 0 Å². The molecule has 3 aromatic rings. The minimum Gasteiger partial charge on any atom is -0.352 e. The number of imidazole rings is 1. The second-order valence-corrected chi connectivity index (χ2v) is 5.74. The molecular weight excluding hydrogens is 310 g/mol. The Morgan fingerprint density at radius 2 is 1.76 bits per heavy atom. The third-order valence-electron chi connectivity index (χ3n) is 3.87. The van der Waals surface area contributed by atoms with Gasteiger partial charge in [-0.3, -0.25) is 4.79 Å². The van der Waals surface area contributed by atoms with Gasteiger partial charge in [-0.25, -0.2) is 4.98 Å². The summed E-state index contributed by atoms with van der Waals surface area (Å²) < 4.78 is 2.11. The van der Waals surface area contributed by atoms with Gasteiger partial charge in [0.2, 0.25) is 5.91 Å². The van der Waals surface area contributed by atoms with Gasteiger partial charge in [-0.05, 0) is 17.2 Å². The summed E-state index contributed by atoms with van der Waals surface area (Å²) in [5.41, 5.74) is 2.24. The van der Waals surface area contributed by atoms with E-state index in [9.17, 15) is 4.79 Å². The number of nitrogens with zero attached hydrogens (tertiary/aromatic N) is 2. The molecule has 1 N–H and O–H groups in total. The number of amides is 1. The van der Waals surface area contributed by atoms with Crippen molar-refractivity contribution in [3.8, 4) is 0 Å². The van der Waals surface area contributed by atoms with E-state index in [-0.39, 0.29) is 5.91 Å². The molecule has 1 heterocycles. The van der Waals surface area contributed by atoms with E-state index in [1.165, 1.54) is 5.56 Å². The standard InChI is InChI=1S/C21H21N3O/c25-21(12-11-18-7-3-1-4-8-18)23-14-13-20-22-15-16-24(20)17-19-9-5-2-6-10-19/h1-12,15-16H,13-14,17H2,(H,23,25)/b12-11+. The molecule has 2 aromatic carbocycles. The van der Waals surface area contributed by atoms with Crippen LogP contribution in [0.15, 0.2) is 79.1 Å². The Bertz CT molecular complexity index is 823. The van der Waals surface area contributed by atoms with Crippen molar-refractivity contribution in [2.45, 2.75) is 13.0 Å². The second-order valence-electron chi connectivity index (χ2n) is 5.74. The van der Waals surface area contributed by atoms with Gasteiger partial charge in [0.05, 0.1) is 0 Å². The number of hydrogen-bond donors (Lipinski definition) is 1. The fourth-order valence-corrected chi connectivity index (χ4v) is 2.58. The van der Waals surface area contributed by atoms with E-state index in [4.69, 9.17) is 0 Å². The zero-order chi connectivity index (χ0) is 17.3. The van der Waals surface area contributed by atoms with Crippen molar-refractivity contribution in [2.75, 3.05) is 6.54 Å². The van der Waals surface area contributed by atoms with Gasteiger partial charge in [-0.2, -0.15) is 0 Å². The molecule has 0 atom stereocenters. The first kappa shape index (κ1) is 16.7. The quantitative estimate of drug-likeness (QED) is 0.675. The molecule has 4 nitrogen and oxygen atoms in total. The molecule has 0 radical (unpaired) electrons. The summed E-state index contributed by atoms with van der Waals surface area (Å²) in [6.07, 6.45) is 7.84. The van der Waals surface area contributed by atoms with Gasteiger partial charge < -0.3 is 9.88 Å². The molecule has 1 aromatic heterocycles. The fraction of sp³-hybridized carbons (Fsp3) is 0.143. The van der Waals surface area contributed by atoms with Gasteiger partial charge in [-0.15, -0.1) is 0 Å². The lowest BCUT2D eigenvalue weighted by molar-refractivity contribution is -0.116. The molecule has 0 aliphatic rings. The zero-order valence-corrected chi connectivity index (χ0v) is 14.0. The highest BCUT2D eigenvalue weighted by molar-refractivity contribution is 5.91. The van der Waals surface area contributed by atoms with Crippen molar-refractivity contribution < 1.29 is 4.79 Å². The first-order chi connectivity index (χ1) is 12.3. The molecule has 3 rings (SSSR count). The molecule has 0 saturated carbocycles. The summed E-state index contributed by atoms with van der Waals surface area (Å²) in [6, 6.07) is 20.0. The summed E-state index contributed by atoms with van der Waals surface area (Å²) in [6.45, 7) is 1.35. The maximum atomic E-state index is 11.9. The number of aromatic nitrogens is 2. The van der Waals surface area contributed by atoms with Crippen LogP contribution in [0.3, 0.4) is 0 Å². The average molecular weight is 331 g/mol. The lowest BCUT2D eigenvalue weighted by atomic mass is 10.2. The molecule has 0 aliphatic carbocycles. The van der Waals surface area contributed by atoms with Crippen LogP contribution in [0.1, 0.15) is 17.0 Å². The van der Waals surface area contributed by atoms with Crippen LogP contribution in [-0.2, 0) is 17.8 Å². The summed E-state index contributed by atoms with van der Waals surface area (Å²) >= 11 is 0. The van der Waals surface area contributed by atoms with Crippen molar-refractivity contribution in [2.24, 2.45) is 0 Å². The number of hydrogen-bond acceptors (Lipinski definition) is 2. The van der Waals surface area contributed by atoms with Crippen molar-refractivity contribution in [1.82, 2.24) is 14.9 Å². The van der Waals surface area contributed by atoms with Crippen LogP contribution in [0.2, 0.25) is 0 Å². The van der Waals surface area contributed by atoms with Crippen LogP contribution in [0.4, 0.5) is 0 Å². The number of rotatable bonds is 7. The number of nitrogens with one attached hydrogen (secondary N) is 1. The molecule has 0 unspecified atom stereocenters. The number of benzene rings is 2. The fourth-order valence-electron chi connectivity index (χ4n) is 2.58. The molecule has 1 amide bonds. The van der Waals surface area contributed by atoms with Crippen molar-refractivity contribution >= 4 is 12.0 Å². The average Bonchev–Trinajstić information content (AvgIpc) is 3.09. The van der Waals surface area contributed by atoms with Crippen LogP contribution in [0.25, 0.3) is 6.08 Å². The lowest BCUT2D eigenvalue weighted by Gasteiger charge is -2.08. The topological polar surface area (TPSA) is 46.9 Å². The van der Waals surface area contributed by atoms with Gasteiger partial charge in [-0.1, -0.05) is 60.7 Å². The Morgan fingerprint density at radius 3 is 2.52 bits per heavy atom. The Labute approximate surface area is 147 Å². The molecule has 0 spiro atoms. The summed E-state index contributed by atoms with van der Waals surface area (Å²) in [4.78, 5) is 16.3. The SMILES string of the molecule is O=C(/C=C/c1ccccc1)NCCc1nccn1Cc1ccccc1. The van der Waals surface area contributed by atoms with Crippen LogP contribution >= 0.6 is 0 Å². The molecule has 0 fully saturated rings. The summed E-state index contributed by atoms with van der Waals surface area (Å²) in [7, 11) is 0. The van der Waals surface area contributed by atoms with E-state index < -0.39 is 0 Å². The highest BCUT2D eigenvalue weighted by Crippen LogP contribution is 2.06. The predicted octanol–water partition coefficient (Wildman–Crippen LogP) is 3.30. The van der Waals surface area contributed by atoms with E-state index in [1.54, 1.807) is 12.3 Å². The van der Waals surface area contributed by atoms with Crippen molar-refractivity contribution in [3.63, 3.8) is 0 Å². The number of carbonyl (C=O) groups is 1. The Hall–Kier alpha value is -3.14. The van der Waals surface area contributed by atoms with E-state index >= 15 is 0 Å². The van der Waals surface area contributed by atoms with Crippen LogP contribution in [0.5, 0.6) is 0 Å². The minimum absolute atomic E-state index is 0.0926. The summed E-state index contributed by atoms with van der Waals surface area (Å²) in [5.74, 6) is 0.876. The Kier molecular flexibility index (Phi) is 5.77. The van der Waals surface area contributed by atoms with Gasteiger partial charge in [0.15, 0.2) is 0 Å². The van der Waals surface area contributed by atoms with Gasteiger partial charge in [0, 0.05) is 38.0 Å². The van der Waals surface area contributed by atoms with Gasteiger partial charge in [0.1, 0.15) is 5.82 Å². The smallest absolute Gasteiger partial charge is 0.244 e. The molecule has 0 saturated heterocycles. The molecular formula is C21H21N3O. The van der Waals surface area contributed by atoms with Crippen LogP contribution in [-0.4, -0.2) is 22.0 Å². The van der Waals surface area contributed by atoms with E-state index in [0.29, 0.717) is 13.0 Å². The van der Waals surface area contributed by atoms with Crippen molar-refractivity contribution in [3.05, 3.63) is 96.1 Å². The lowest BCUT2D eigenvalue weighted by Crippen LogP contribution is -2.24. The molecule has 4 heteroatoms. The molecule has 0 bridgehead atoms. The molecule has 126 valence electrons. The first-order valence-corrected chi connectivity index (χ1v) is 8.36. The zero-order valence-electron chi connectivity index (χ0n) is 14.0. The first-order valence-electron chi connectivity index (χ1n) is 8.36. The van der Waals surface area contributed by atoms with Gasteiger partial charge >= 0.3 is 0 Å². The highest BCUT2D eigenvalue weighted by Gasteiger charge is 2.04. The minimum atomic E-state index is -0.0926. The van der Waals surface area contributed by atoms with E-state index in [1.807, 2.05) is 60.8 Å². The van der Waals surface area contributed by atoms with Crippen LogP contribution < -0.4 is 5.32 Å². The van der Waals surface area contributed by atoms with Gasteiger partial charge in [0.25, 0.3) is 0 Å². The van der Waals surface area contributed by atoms with Crippen LogP contribution in [0, 0.1) is 0 Å².